The van der Waals surface area contributed by atoms with Gasteiger partial charge in [0.05, 0.1) is 29.1 Å². The zero-order valence-electron chi connectivity index (χ0n) is 16.5. The summed E-state index contributed by atoms with van der Waals surface area (Å²) in [5.41, 5.74) is 1.83. The number of fused-ring (bicyclic) bond motifs is 1. The third kappa shape index (κ3) is 3.92. The van der Waals surface area contributed by atoms with E-state index in [0.717, 1.165) is 5.56 Å². The molecule has 0 saturated carbocycles. The Morgan fingerprint density at radius 2 is 1.87 bits per heavy atom. The quantitative estimate of drug-likeness (QED) is 0.650. The molecule has 4 rings (SSSR count). The van der Waals surface area contributed by atoms with Crippen LogP contribution in [0.25, 0.3) is 5.69 Å². The summed E-state index contributed by atoms with van der Waals surface area (Å²) < 4.78 is 2.64. The van der Waals surface area contributed by atoms with Crippen LogP contribution in [0.5, 0.6) is 5.88 Å². The lowest BCUT2D eigenvalue weighted by atomic mass is 10.1. The van der Waals surface area contributed by atoms with Crippen LogP contribution < -0.4 is 5.69 Å². The molecule has 3 aromatic rings. The number of nitriles is 1. The predicted molar refractivity (Wildman–Crippen MR) is 117 cm³/mol. The second-order valence-corrected chi connectivity index (χ2v) is 8.31. The first-order valence-electron chi connectivity index (χ1n) is 9.54. The van der Waals surface area contributed by atoms with Crippen LogP contribution in [-0.2, 0) is 24.3 Å². The molecule has 0 aliphatic carbocycles. The summed E-state index contributed by atoms with van der Waals surface area (Å²) in [6.45, 7) is 2.08. The minimum Gasteiger partial charge on any atom is -0.493 e. The average molecular weight is 457 g/mol. The Morgan fingerprint density at radius 3 is 2.42 bits per heavy atom. The number of nitrogens with zero attached hydrogens (tertiary/aromatic N) is 4. The van der Waals surface area contributed by atoms with E-state index in [1.54, 1.807) is 47.4 Å². The molecule has 1 amide bonds. The van der Waals surface area contributed by atoms with Gasteiger partial charge in [0.25, 0.3) is 0 Å². The number of aromatic nitrogens is 2. The molecule has 2 heterocycles. The second-order valence-electron chi connectivity index (χ2n) is 7.44. The first-order valence-corrected chi connectivity index (χ1v) is 10.3. The number of carbonyl (C=O) groups is 1. The maximum Gasteiger partial charge on any atom is 0.336 e. The SMILES string of the molecule is CC(=O)N(Cc1ccc(C#N)cc1)[C@H]1Cc2c(O)n(-c3cc(Cl)cc(Cl)c3)c(=O)n2C1. The summed E-state index contributed by atoms with van der Waals surface area (Å²) in [5.74, 6) is -0.325. The third-order valence-electron chi connectivity index (χ3n) is 5.43. The van der Waals surface area contributed by atoms with Crippen molar-refractivity contribution in [3.8, 4) is 17.6 Å². The molecule has 0 fully saturated rings. The normalized spacial score (nSPS) is 14.8. The van der Waals surface area contributed by atoms with Gasteiger partial charge < -0.3 is 10.0 Å². The van der Waals surface area contributed by atoms with Crippen molar-refractivity contribution in [3.63, 3.8) is 0 Å². The Bertz CT molecular complexity index is 1250. The van der Waals surface area contributed by atoms with Gasteiger partial charge in [-0.1, -0.05) is 35.3 Å². The van der Waals surface area contributed by atoms with E-state index >= 15 is 0 Å². The molecule has 9 heteroatoms. The van der Waals surface area contributed by atoms with Crippen molar-refractivity contribution in [2.24, 2.45) is 0 Å². The van der Waals surface area contributed by atoms with Crippen LogP contribution in [0.3, 0.4) is 0 Å². The fourth-order valence-corrected chi connectivity index (χ4v) is 4.47. The number of amides is 1. The van der Waals surface area contributed by atoms with Gasteiger partial charge in [-0.3, -0.25) is 9.36 Å². The molecule has 158 valence electrons. The molecule has 0 bridgehead atoms. The van der Waals surface area contributed by atoms with Crippen LogP contribution in [0.1, 0.15) is 23.7 Å². The smallest absolute Gasteiger partial charge is 0.336 e. The number of halogens is 2. The molecule has 1 atom stereocenters. The zero-order valence-corrected chi connectivity index (χ0v) is 18.1. The summed E-state index contributed by atoms with van der Waals surface area (Å²) in [7, 11) is 0. The highest BCUT2D eigenvalue weighted by atomic mass is 35.5. The van der Waals surface area contributed by atoms with Crippen molar-refractivity contribution in [1.82, 2.24) is 14.0 Å². The number of imidazole rings is 1. The van der Waals surface area contributed by atoms with E-state index < -0.39 is 5.69 Å². The molecule has 0 saturated heterocycles. The van der Waals surface area contributed by atoms with E-state index in [9.17, 15) is 14.7 Å². The molecule has 31 heavy (non-hydrogen) atoms. The van der Waals surface area contributed by atoms with Crippen LogP contribution in [-0.4, -0.2) is 31.1 Å². The zero-order chi connectivity index (χ0) is 22.3. The molecular weight excluding hydrogens is 439 g/mol. The first kappa shape index (κ1) is 21.0. The Balaban J connectivity index is 1.62. The van der Waals surface area contributed by atoms with Gasteiger partial charge in [-0.05, 0) is 35.9 Å². The molecule has 1 aliphatic heterocycles. The molecule has 1 N–H and O–H groups in total. The van der Waals surface area contributed by atoms with Crippen molar-refractivity contribution in [2.45, 2.75) is 32.5 Å². The largest absolute Gasteiger partial charge is 0.493 e. The Kier molecular flexibility index (Phi) is 5.52. The minimum absolute atomic E-state index is 0.137. The summed E-state index contributed by atoms with van der Waals surface area (Å²) in [6.07, 6.45) is 0.332. The van der Waals surface area contributed by atoms with Gasteiger partial charge in [-0.25, -0.2) is 9.36 Å². The topological polar surface area (TPSA) is 91.3 Å². The maximum absolute atomic E-state index is 13.0. The molecule has 1 aromatic heterocycles. The van der Waals surface area contributed by atoms with Crippen LogP contribution in [0.15, 0.2) is 47.3 Å². The predicted octanol–water partition coefficient (Wildman–Crippen LogP) is 3.50. The van der Waals surface area contributed by atoms with Gasteiger partial charge in [-0.15, -0.1) is 0 Å². The first-order chi connectivity index (χ1) is 14.8. The minimum atomic E-state index is -0.421. The van der Waals surface area contributed by atoms with Gasteiger partial charge in [0.15, 0.2) is 0 Å². The van der Waals surface area contributed by atoms with Crippen LogP contribution in [0.2, 0.25) is 10.0 Å². The molecule has 1 aliphatic rings. The number of hydrogen-bond donors (Lipinski definition) is 1. The Hall–Kier alpha value is -3.21. The molecule has 0 spiro atoms. The summed E-state index contributed by atoms with van der Waals surface area (Å²) in [5, 5.41) is 20.4. The third-order valence-corrected chi connectivity index (χ3v) is 5.86. The van der Waals surface area contributed by atoms with Crippen LogP contribution in [0, 0.1) is 11.3 Å². The van der Waals surface area contributed by atoms with Gasteiger partial charge in [0, 0.05) is 36.5 Å². The molecule has 7 nitrogen and oxygen atoms in total. The van der Waals surface area contributed by atoms with Crippen molar-refractivity contribution in [2.75, 3.05) is 0 Å². The monoisotopic (exact) mass is 456 g/mol. The highest BCUT2D eigenvalue weighted by Gasteiger charge is 2.34. The fourth-order valence-electron chi connectivity index (χ4n) is 3.95. The van der Waals surface area contributed by atoms with Gasteiger partial charge >= 0.3 is 5.69 Å². The molecule has 0 unspecified atom stereocenters. The van der Waals surface area contributed by atoms with Crippen molar-refractivity contribution in [1.29, 1.82) is 5.26 Å². The van der Waals surface area contributed by atoms with Crippen molar-refractivity contribution in [3.05, 3.63) is 79.8 Å². The number of hydrogen-bond acceptors (Lipinski definition) is 4. The van der Waals surface area contributed by atoms with E-state index in [0.29, 0.717) is 40.0 Å². The maximum atomic E-state index is 13.0. The van der Waals surface area contributed by atoms with E-state index in [2.05, 4.69) is 6.07 Å². The van der Waals surface area contributed by atoms with E-state index in [-0.39, 0.29) is 24.4 Å². The lowest BCUT2D eigenvalue weighted by Gasteiger charge is -2.27. The van der Waals surface area contributed by atoms with E-state index in [1.807, 2.05) is 0 Å². The number of rotatable bonds is 4. The number of carbonyl (C=O) groups excluding carboxylic acids is 1. The second kappa shape index (κ2) is 8.14. The number of benzene rings is 2. The van der Waals surface area contributed by atoms with Gasteiger partial charge in [0.2, 0.25) is 11.8 Å². The molecular formula is C22H18Cl2N4O3. The lowest BCUT2D eigenvalue weighted by Crippen LogP contribution is -2.40. The van der Waals surface area contributed by atoms with Crippen molar-refractivity contribution >= 4 is 29.1 Å². The molecule has 0 radical (unpaired) electrons. The summed E-state index contributed by atoms with van der Waals surface area (Å²) >= 11 is 12.1. The fraction of sp³-hybridized carbons (Fsp3) is 0.227. The average Bonchev–Trinajstić information content (AvgIpc) is 3.25. The van der Waals surface area contributed by atoms with E-state index in [4.69, 9.17) is 28.5 Å². The summed E-state index contributed by atoms with van der Waals surface area (Å²) in [6, 6.07) is 13.4. The van der Waals surface area contributed by atoms with Crippen LogP contribution in [0.4, 0.5) is 0 Å². The number of aromatic hydroxyl groups is 1. The molecule has 2 aromatic carbocycles. The Labute approximate surface area is 188 Å². The van der Waals surface area contributed by atoms with E-state index in [1.165, 1.54) is 16.1 Å². The van der Waals surface area contributed by atoms with Gasteiger partial charge in [-0.2, -0.15) is 5.26 Å². The highest BCUT2D eigenvalue weighted by Crippen LogP contribution is 2.31. The highest BCUT2D eigenvalue weighted by molar-refractivity contribution is 6.34. The van der Waals surface area contributed by atoms with Crippen molar-refractivity contribution < 1.29 is 9.90 Å². The van der Waals surface area contributed by atoms with Crippen LogP contribution >= 0.6 is 23.2 Å². The lowest BCUT2D eigenvalue weighted by molar-refractivity contribution is -0.131. The summed E-state index contributed by atoms with van der Waals surface area (Å²) in [4.78, 5) is 27.0. The standard InChI is InChI=1S/C22H18Cl2N4O3/c1-13(29)26(11-15-4-2-14(10-25)3-5-15)19-9-20-21(30)28(22(31)27(20)12-19)18-7-16(23)6-17(24)8-18/h2-8,19,30H,9,11-12H2,1H3/t19-/m0/s1. The van der Waals surface area contributed by atoms with Gasteiger partial charge in [0.1, 0.15) is 0 Å². The Morgan fingerprint density at radius 1 is 1.23 bits per heavy atom.